The minimum Gasteiger partial charge on any atom is -0.452 e. The van der Waals surface area contributed by atoms with Crippen LogP contribution in [-0.4, -0.2) is 18.8 Å². The van der Waals surface area contributed by atoms with Gasteiger partial charge < -0.3 is 4.74 Å². The molecule has 2 nitrogen and oxygen atoms in total. The monoisotopic (exact) mass is 218 g/mol. The number of esters is 1. The van der Waals surface area contributed by atoms with Crippen molar-refractivity contribution in [3.05, 3.63) is 35.4 Å². The fourth-order valence-corrected chi connectivity index (χ4v) is 1.00. The molecule has 15 heavy (non-hydrogen) atoms. The lowest BCUT2D eigenvalue weighted by atomic mass is 10.1. The average molecular weight is 218 g/mol. The summed E-state index contributed by atoms with van der Waals surface area (Å²) in [6, 6.07) is 6.20. The maximum absolute atomic E-state index is 11.7. The second kappa shape index (κ2) is 4.33. The van der Waals surface area contributed by atoms with Gasteiger partial charge in [-0.1, -0.05) is 17.7 Å². The van der Waals surface area contributed by atoms with Crippen molar-refractivity contribution >= 4 is 5.97 Å². The summed E-state index contributed by atoms with van der Waals surface area (Å²) in [7, 11) is 0. The number of alkyl halides is 3. The van der Waals surface area contributed by atoms with E-state index in [-0.39, 0.29) is 5.56 Å². The molecule has 0 heterocycles. The quantitative estimate of drug-likeness (QED) is 0.713. The molecule has 82 valence electrons. The summed E-state index contributed by atoms with van der Waals surface area (Å²) in [4.78, 5) is 11.1. The number of hydrogen-bond acceptors (Lipinski definition) is 2. The van der Waals surface area contributed by atoms with Gasteiger partial charge in [-0.05, 0) is 19.1 Å². The maximum Gasteiger partial charge on any atom is 0.422 e. The molecule has 0 aromatic heterocycles. The number of rotatable bonds is 2. The van der Waals surface area contributed by atoms with Gasteiger partial charge in [-0.3, -0.25) is 0 Å². The van der Waals surface area contributed by atoms with Gasteiger partial charge in [0.2, 0.25) is 0 Å². The van der Waals surface area contributed by atoms with Crippen LogP contribution >= 0.6 is 0 Å². The Morgan fingerprint density at radius 2 is 2.07 bits per heavy atom. The summed E-state index contributed by atoms with van der Waals surface area (Å²) in [5, 5.41) is 0. The van der Waals surface area contributed by atoms with Crippen molar-refractivity contribution in [2.45, 2.75) is 13.1 Å². The molecule has 0 spiro atoms. The lowest BCUT2D eigenvalue weighted by molar-refractivity contribution is -0.161. The standard InChI is InChI=1S/C10H9F3O2/c1-7-3-2-4-8(5-7)9(14)15-6-10(11,12)13/h2-5H,6H2,1H3. The van der Waals surface area contributed by atoms with Crippen LogP contribution in [0.15, 0.2) is 24.3 Å². The van der Waals surface area contributed by atoms with Crippen LogP contribution in [0.1, 0.15) is 15.9 Å². The van der Waals surface area contributed by atoms with E-state index >= 15 is 0 Å². The Hall–Kier alpha value is -1.52. The van der Waals surface area contributed by atoms with E-state index in [4.69, 9.17) is 0 Å². The zero-order valence-electron chi connectivity index (χ0n) is 7.97. The first kappa shape index (κ1) is 11.6. The first-order valence-electron chi connectivity index (χ1n) is 4.19. The van der Waals surface area contributed by atoms with E-state index in [1.54, 1.807) is 19.1 Å². The van der Waals surface area contributed by atoms with Crippen molar-refractivity contribution in [2.75, 3.05) is 6.61 Å². The van der Waals surface area contributed by atoms with E-state index in [2.05, 4.69) is 4.74 Å². The molecule has 0 aliphatic carbocycles. The summed E-state index contributed by atoms with van der Waals surface area (Å²) in [5.74, 6) is -0.962. The first-order chi connectivity index (χ1) is 6.88. The van der Waals surface area contributed by atoms with Crippen molar-refractivity contribution < 1.29 is 22.7 Å². The van der Waals surface area contributed by atoms with Gasteiger partial charge in [-0.15, -0.1) is 0 Å². The van der Waals surface area contributed by atoms with Crippen LogP contribution in [0.3, 0.4) is 0 Å². The van der Waals surface area contributed by atoms with Gasteiger partial charge in [0.1, 0.15) is 0 Å². The topological polar surface area (TPSA) is 26.3 Å². The highest BCUT2D eigenvalue weighted by atomic mass is 19.4. The molecule has 0 saturated heterocycles. The molecule has 0 amide bonds. The Morgan fingerprint density at radius 1 is 1.40 bits per heavy atom. The van der Waals surface area contributed by atoms with E-state index in [1.165, 1.54) is 12.1 Å². The molecule has 1 rings (SSSR count). The molecule has 1 aromatic rings. The fraction of sp³-hybridized carbons (Fsp3) is 0.300. The molecule has 0 atom stereocenters. The van der Waals surface area contributed by atoms with Gasteiger partial charge in [0.05, 0.1) is 5.56 Å². The van der Waals surface area contributed by atoms with Gasteiger partial charge in [-0.2, -0.15) is 13.2 Å². The summed E-state index contributed by atoms with van der Waals surface area (Å²) >= 11 is 0. The van der Waals surface area contributed by atoms with Crippen molar-refractivity contribution in [1.82, 2.24) is 0 Å². The number of hydrogen-bond donors (Lipinski definition) is 0. The SMILES string of the molecule is Cc1cccc(C(=O)OCC(F)(F)F)c1. The van der Waals surface area contributed by atoms with Crippen LogP contribution in [0.4, 0.5) is 13.2 Å². The van der Waals surface area contributed by atoms with E-state index < -0.39 is 18.8 Å². The molecule has 0 unspecified atom stereocenters. The molecule has 5 heteroatoms. The summed E-state index contributed by atoms with van der Waals surface area (Å²) in [6.07, 6.45) is -4.49. The molecular formula is C10H9F3O2. The van der Waals surface area contributed by atoms with Crippen LogP contribution in [0.25, 0.3) is 0 Å². The number of benzene rings is 1. The van der Waals surface area contributed by atoms with Gasteiger partial charge >= 0.3 is 12.1 Å². The minimum atomic E-state index is -4.49. The Morgan fingerprint density at radius 3 is 2.60 bits per heavy atom. The van der Waals surface area contributed by atoms with Gasteiger partial charge in [-0.25, -0.2) is 4.79 Å². The highest BCUT2D eigenvalue weighted by Crippen LogP contribution is 2.15. The largest absolute Gasteiger partial charge is 0.452 e. The normalized spacial score (nSPS) is 11.2. The fourth-order valence-electron chi connectivity index (χ4n) is 1.00. The highest BCUT2D eigenvalue weighted by Gasteiger charge is 2.29. The Kier molecular flexibility index (Phi) is 3.34. The lowest BCUT2D eigenvalue weighted by Gasteiger charge is -2.07. The maximum atomic E-state index is 11.7. The summed E-state index contributed by atoms with van der Waals surface area (Å²) < 4.78 is 39.3. The van der Waals surface area contributed by atoms with Crippen molar-refractivity contribution in [3.63, 3.8) is 0 Å². The molecular weight excluding hydrogens is 209 g/mol. The minimum absolute atomic E-state index is 0.124. The second-order valence-electron chi connectivity index (χ2n) is 3.06. The first-order valence-corrected chi connectivity index (χ1v) is 4.19. The molecule has 0 saturated carbocycles. The van der Waals surface area contributed by atoms with Crippen molar-refractivity contribution in [3.8, 4) is 0 Å². The van der Waals surface area contributed by atoms with E-state index in [9.17, 15) is 18.0 Å². The molecule has 1 aromatic carbocycles. The number of aryl methyl sites for hydroxylation is 1. The molecule has 0 N–H and O–H groups in total. The molecule has 0 fully saturated rings. The van der Waals surface area contributed by atoms with Crippen LogP contribution in [0.5, 0.6) is 0 Å². The van der Waals surface area contributed by atoms with E-state index in [0.29, 0.717) is 0 Å². The zero-order chi connectivity index (χ0) is 11.5. The smallest absolute Gasteiger partial charge is 0.422 e. The Bertz CT molecular complexity index is 358. The van der Waals surface area contributed by atoms with E-state index in [1.807, 2.05) is 0 Å². The third kappa shape index (κ3) is 4.01. The van der Waals surface area contributed by atoms with Crippen LogP contribution < -0.4 is 0 Å². The average Bonchev–Trinajstić information content (AvgIpc) is 2.13. The third-order valence-corrected chi connectivity index (χ3v) is 1.62. The predicted molar refractivity (Wildman–Crippen MR) is 47.5 cm³/mol. The Balaban J connectivity index is 2.62. The molecule has 0 radical (unpaired) electrons. The molecule has 0 aliphatic rings. The van der Waals surface area contributed by atoms with Gasteiger partial charge in [0.15, 0.2) is 6.61 Å². The number of halogens is 3. The molecule has 0 bridgehead atoms. The number of ether oxygens (including phenoxy) is 1. The van der Waals surface area contributed by atoms with Gasteiger partial charge in [0, 0.05) is 0 Å². The zero-order valence-corrected chi connectivity index (χ0v) is 7.97. The number of carbonyl (C=O) groups excluding carboxylic acids is 1. The highest BCUT2D eigenvalue weighted by molar-refractivity contribution is 5.89. The van der Waals surface area contributed by atoms with Crippen LogP contribution in [0.2, 0.25) is 0 Å². The van der Waals surface area contributed by atoms with Crippen LogP contribution in [-0.2, 0) is 4.74 Å². The molecule has 0 aliphatic heterocycles. The summed E-state index contributed by atoms with van der Waals surface area (Å²) in [6.45, 7) is 0.181. The van der Waals surface area contributed by atoms with E-state index in [0.717, 1.165) is 5.56 Å². The van der Waals surface area contributed by atoms with Crippen molar-refractivity contribution in [1.29, 1.82) is 0 Å². The third-order valence-electron chi connectivity index (χ3n) is 1.62. The number of carbonyl (C=O) groups is 1. The van der Waals surface area contributed by atoms with Gasteiger partial charge in [0.25, 0.3) is 0 Å². The lowest BCUT2D eigenvalue weighted by Crippen LogP contribution is -2.20. The Labute approximate surface area is 84.7 Å². The second-order valence-corrected chi connectivity index (χ2v) is 3.06. The van der Waals surface area contributed by atoms with Crippen molar-refractivity contribution in [2.24, 2.45) is 0 Å². The summed E-state index contributed by atoms with van der Waals surface area (Å²) in [5.41, 5.74) is 0.913. The van der Waals surface area contributed by atoms with Crippen LogP contribution in [0, 0.1) is 6.92 Å². The predicted octanol–water partition coefficient (Wildman–Crippen LogP) is 2.71.